The van der Waals surface area contributed by atoms with Gasteiger partial charge in [0.25, 0.3) is 5.91 Å². The van der Waals surface area contributed by atoms with E-state index in [9.17, 15) is 4.79 Å². The van der Waals surface area contributed by atoms with Crippen LogP contribution in [0.5, 0.6) is 0 Å². The molecule has 5 nitrogen and oxygen atoms in total. The Morgan fingerprint density at radius 2 is 2.00 bits per heavy atom. The molecule has 1 N–H and O–H groups in total. The van der Waals surface area contributed by atoms with Gasteiger partial charge in [0, 0.05) is 12.4 Å². The smallest absolute Gasteiger partial charge is 0.250 e. The largest absolute Gasteiger partial charge is 0.306 e. The first-order chi connectivity index (χ1) is 7.18. The van der Waals surface area contributed by atoms with Crippen LogP contribution in [0.15, 0.2) is 23.5 Å². The number of hydrogen-bond donors (Lipinski definition) is 1. The van der Waals surface area contributed by atoms with Gasteiger partial charge in [-0.2, -0.15) is 0 Å². The van der Waals surface area contributed by atoms with E-state index in [0.29, 0.717) is 11.7 Å². The van der Waals surface area contributed by atoms with Gasteiger partial charge in [0.1, 0.15) is 6.04 Å². The van der Waals surface area contributed by atoms with Crippen LogP contribution in [0.1, 0.15) is 19.7 Å². The maximum atomic E-state index is 11.5. The van der Waals surface area contributed by atoms with Crippen molar-refractivity contribution in [1.82, 2.24) is 15.3 Å². The minimum Gasteiger partial charge on any atom is -0.306 e. The second-order valence-electron chi connectivity index (χ2n) is 3.73. The molecule has 1 atom stereocenters. The van der Waals surface area contributed by atoms with Gasteiger partial charge in [-0.05, 0) is 12.0 Å². The highest BCUT2D eigenvalue weighted by atomic mass is 16.2. The summed E-state index contributed by atoms with van der Waals surface area (Å²) in [6.45, 7) is 3.92. The fourth-order valence-electron chi connectivity index (χ4n) is 1.41. The van der Waals surface area contributed by atoms with Crippen molar-refractivity contribution in [1.29, 1.82) is 0 Å². The molecule has 0 aromatic carbocycles. The summed E-state index contributed by atoms with van der Waals surface area (Å²) in [5.41, 5.74) is 0. The van der Waals surface area contributed by atoms with Crippen LogP contribution in [-0.4, -0.2) is 27.8 Å². The van der Waals surface area contributed by atoms with Gasteiger partial charge in [-0.25, -0.2) is 9.97 Å². The predicted octanol–water partition coefficient (Wildman–Crippen LogP) is 0.378. The lowest BCUT2D eigenvalue weighted by atomic mass is 10.1. The molecule has 15 heavy (non-hydrogen) atoms. The quantitative estimate of drug-likeness (QED) is 0.757. The first-order valence-electron chi connectivity index (χ1n) is 4.84. The molecule has 0 bridgehead atoms. The summed E-state index contributed by atoms with van der Waals surface area (Å²) in [6, 6.07) is 1.41. The number of carbonyl (C=O) groups excluding carboxylic acids is 1. The van der Waals surface area contributed by atoms with Crippen molar-refractivity contribution in [3.63, 3.8) is 0 Å². The van der Waals surface area contributed by atoms with Crippen LogP contribution >= 0.6 is 0 Å². The summed E-state index contributed by atoms with van der Waals surface area (Å²) in [7, 11) is 0. The van der Waals surface area contributed by atoms with Crippen LogP contribution in [0.2, 0.25) is 0 Å². The average Bonchev–Trinajstić information content (AvgIpc) is 2.62. The molecule has 1 aromatic heterocycles. The molecule has 0 spiro atoms. The second kappa shape index (κ2) is 3.76. The van der Waals surface area contributed by atoms with E-state index in [1.165, 1.54) is 0 Å². The number of hydrogen-bond acceptors (Lipinski definition) is 4. The third-order valence-corrected chi connectivity index (χ3v) is 2.19. The van der Waals surface area contributed by atoms with E-state index in [0.717, 1.165) is 0 Å². The Morgan fingerprint density at radius 3 is 2.53 bits per heavy atom. The molecule has 1 aliphatic rings. The number of aliphatic imine (C=N–C) groups is 1. The van der Waals surface area contributed by atoms with Gasteiger partial charge in [-0.15, -0.1) is 0 Å². The van der Waals surface area contributed by atoms with Crippen molar-refractivity contribution in [2.75, 3.05) is 0 Å². The Labute approximate surface area is 87.7 Å². The van der Waals surface area contributed by atoms with Gasteiger partial charge in [-0.1, -0.05) is 13.8 Å². The van der Waals surface area contributed by atoms with Crippen LogP contribution < -0.4 is 5.32 Å². The van der Waals surface area contributed by atoms with Crippen molar-refractivity contribution >= 4 is 11.7 Å². The molecule has 2 heterocycles. The Kier molecular flexibility index (Phi) is 2.45. The Balaban J connectivity index is 2.27. The fraction of sp³-hybridized carbons (Fsp3) is 0.400. The minimum absolute atomic E-state index is 0.0764. The number of aromatic nitrogens is 2. The molecule has 1 aromatic rings. The van der Waals surface area contributed by atoms with Crippen molar-refractivity contribution in [2.45, 2.75) is 19.9 Å². The standard InChI is InChI=1S/C10H12N4O/c1-6(2)7-10(15)14-9(13-7)8-11-4-3-5-12-8/h3-7H,1-2H3,(H,13,14,15). The van der Waals surface area contributed by atoms with E-state index in [-0.39, 0.29) is 17.9 Å². The van der Waals surface area contributed by atoms with Gasteiger partial charge in [0.2, 0.25) is 0 Å². The maximum absolute atomic E-state index is 11.5. The number of amides is 1. The molecular formula is C10H12N4O. The van der Waals surface area contributed by atoms with Crippen LogP contribution in [0.4, 0.5) is 0 Å². The number of rotatable bonds is 2. The highest BCUT2D eigenvalue weighted by Gasteiger charge is 2.30. The molecule has 0 saturated carbocycles. The highest BCUT2D eigenvalue weighted by molar-refractivity contribution is 6.12. The molecule has 1 amide bonds. The first kappa shape index (κ1) is 9.76. The van der Waals surface area contributed by atoms with Crippen LogP contribution in [0, 0.1) is 5.92 Å². The summed E-state index contributed by atoms with van der Waals surface area (Å²) in [4.78, 5) is 23.9. The van der Waals surface area contributed by atoms with E-state index in [1.807, 2.05) is 13.8 Å². The van der Waals surface area contributed by atoms with E-state index in [2.05, 4.69) is 20.3 Å². The minimum atomic E-state index is -0.316. The summed E-state index contributed by atoms with van der Waals surface area (Å²) >= 11 is 0. The van der Waals surface area contributed by atoms with E-state index < -0.39 is 0 Å². The number of nitrogens with zero attached hydrogens (tertiary/aromatic N) is 3. The van der Waals surface area contributed by atoms with Gasteiger partial charge in [0.15, 0.2) is 11.7 Å². The Bertz CT molecular complexity index is 399. The molecule has 1 unspecified atom stereocenters. The molecule has 0 fully saturated rings. The zero-order chi connectivity index (χ0) is 10.8. The molecule has 0 radical (unpaired) electrons. The average molecular weight is 204 g/mol. The van der Waals surface area contributed by atoms with E-state index in [1.54, 1.807) is 18.5 Å². The van der Waals surface area contributed by atoms with Crippen molar-refractivity contribution < 1.29 is 4.79 Å². The van der Waals surface area contributed by atoms with E-state index in [4.69, 9.17) is 0 Å². The Hall–Kier alpha value is -1.78. The first-order valence-corrected chi connectivity index (χ1v) is 4.84. The summed E-state index contributed by atoms with van der Waals surface area (Å²) in [5, 5.41) is 2.69. The molecule has 78 valence electrons. The van der Waals surface area contributed by atoms with Gasteiger partial charge < -0.3 is 5.32 Å². The van der Waals surface area contributed by atoms with Crippen LogP contribution in [0.25, 0.3) is 0 Å². The summed E-state index contributed by atoms with van der Waals surface area (Å²) < 4.78 is 0. The van der Waals surface area contributed by atoms with Crippen molar-refractivity contribution in [3.05, 3.63) is 24.3 Å². The third-order valence-electron chi connectivity index (χ3n) is 2.19. The van der Waals surface area contributed by atoms with Crippen LogP contribution in [0.3, 0.4) is 0 Å². The molecule has 1 aliphatic heterocycles. The van der Waals surface area contributed by atoms with Crippen molar-refractivity contribution in [2.24, 2.45) is 10.9 Å². The predicted molar refractivity (Wildman–Crippen MR) is 55.3 cm³/mol. The number of carbonyl (C=O) groups is 1. The lowest BCUT2D eigenvalue weighted by Crippen LogP contribution is -2.32. The van der Waals surface area contributed by atoms with E-state index >= 15 is 0 Å². The topological polar surface area (TPSA) is 67.2 Å². The SMILES string of the molecule is CC(C)C1N=C(c2ncccn2)NC1=O. The monoisotopic (exact) mass is 204 g/mol. The Morgan fingerprint density at radius 1 is 1.33 bits per heavy atom. The maximum Gasteiger partial charge on any atom is 0.250 e. The van der Waals surface area contributed by atoms with Crippen LogP contribution in [-0.2, 0) is 4.79 Å². The molecule has 0 aliphatic carbocycles. The number of nitrogens with one attached hydrogen (secondary N) is 1. The third kappa shape index (κ3) is 1.86. The van der Waals surface area contributed by atoms with Crippen molar-refractivity contribution in [3.8, 4) is 0 Å². The van der Waals surface area contributed by atoms with Gasteiger partial charge in [-0.3, -0.25) is 9.79 Å². The molecule has 2 rings (SSSR count). The lowest BCUT2D eigenvalue weighted by molar-refractivity contribution is -0.120. The van der Waals surface area contributed by atoms with Gasteiger partial charge in [0.05, 0.1) is 0 Å². The second-order valence-corrected chi connectivity index (χ2v) is 3.73. The summed E-state index contributed by atoms with van der Waals surface area (Å²) in [6.07, 6.45) is 3.25. The zero-order valence-electron chi connectivity index (χ0n) is 8.64. The normalized spacial score (nSPS) is 20.3. The molecule has 5 heteroatoms. The lowest BCUT2D eigenvalue weighted by Gasteiger charge is -2.06. The van der Waals surface area contributed by atoms with Gasteiger partial charge >= 0.3 is 0 Å². The fourth-order valence-corrected chi connectivity index (χ4v) is 1.41. The number of amidine groups is 1. The molecular weight excluding hydrogens is 192 g/mol. The zero-order valence-corrected chi connectivity index (χ0v) is 8.64. The molecule has 0 saturated heterocycles. The summed E-state index contributed by atoms with van der Waals surface area (Å²) in [5.74, 6) is 1.05. The highest BCUT2D eigenvalue weighted by Crippen LogP contribution is 2.12.